The fourth-order valence-corrected chi connectivity index (χ4v) is 6.13. The first-order valence-electron chi connectivity index (χ1n) is 12.8. The topological polar surface area (TPSA) is 45.2 Å². The smallest absolute Gasteiger partial charge is 0.425 e. The Morgan fingerprint density at radius 3 is 2.46 bits per heavy atom. The van der Waals surface area contributed by atoms with Crippen LogP contribution in [0, 0.1) is 12.3 Å². The number of rotatable bonds is 4. The van der Waals surface area contributed by atoms with Gasteiger partial charge < -0.3 is 19.3 Å². The molecule has 1 aromatic rings. The molecular formula is C26H36F3N3O3. The van der Waals surface area contributed by atoms with E-state index in [0.717, 1.165) is 71.8 Å². The van der Waals surface area contributed by atoms with E-state index in [4.69, 9.17) is 4.74 Å². The highest BCUT2D eigenvalue weighted by molar-refractivity contribution is 5.68. The largest absolute Gasteiger partial charge is 0.437 e. The summed E-state index contributed by atoms with van der Waals surface area (Å²) in [6.07, 6.45) is -1.79. The van der Waals surface area contributed by atoms with Crippen molar-refractivity contribution in [3.63, 3.8) is 0 Å². The summed E-state index contributed by atoms with van der Waals surface area (Å²) in [6, 6.07) is 6.73. The van der Waals surface area contributed by atoms with Gasteiger partial charge in [0, 0.05) is 38.4 Å². The van der Waals surface area contributed by atoms with Gasteiger partial charge >= 0.3 is 12.3 Å². The summed E-state index contributed by atoms with van der Waals surface area (Å²) in [5.41, 5.74) is 3.90. The lowest BCUT2D eigenvalue weighted by Gasteiger charge is -2.40. The SMILES string of the molecule is Cc1ccc(CN2CCC3(CC2)CCN(C(=O)OC(C)C(F)(F)F)C3)c(N2CC3CCC(C2)O3)c1. The molecule has 4 aliphatic rings. The van der Waals surface area contributed by atoms with E-state index in [1.807, 2.05) is 0 Å². The molecule has 3 unspecified atom stereocenters. The Kier molecular flexibility index (Phi) is 6.68. The van der Waals surface area contributed by atoms with Crippen LogP contribution in [0.5, 0.6) is 0 Å². The highest BCUT2D eigenvalue weighted by atomic mass is 19.4. The molecule has 9 heteroatoms. The van der Waals surface area contributed by atoms with Crippen molar-refractivity contribution in [2.45, 2.75) is 77.0 Å². The van der Waals surface area contributed by atoms with Gasteiger partial charge in [0.15, 0.2) is 6.10 Å². The van der Waals surface area contributed by atoms with Crippen LogP contribution in [0.15, 0.2) is 18.2 Å². The van der Waals surface area contributed by atoms with Crippen LogP contribution in [0.4, 0.5) is 23.7 Å². The second kappa shape index (κ2) is 9.47. The summed E-state index contributed by atoms with van der Waals surface area (Å²) in [5, 5.41) is 0. The highest BCUT2D eigenvalue weighted by Gasteiger charge is 2.45. The predicted octanol–water partition coefficient (Wildman–Crippen LogP) is 4.74. The third-order valence-corrected chi connectivity index (χ3v) is 8.37. The van der Waals surface area contributed by atoms with E-state index in [-0.39, 0.29) is 5.41 Å². The fourth-order valence-electron chi connectivity index (χ4n) is 6.13. The molecule has 35 heavy (non-hydrogen) atoms. The van der Waals surface area contributed by atoms with Gasteiger partial charge in [-0.1, -0.05) is 12.1 Å². The number of amides is 1. The Hall–Kier alpha value is -2.00. The monoisotopic (exact) mass is 495 g/mol. The molecule has 6 nitrogen and oxygen atoms in total. The molecule has 0 aliphatic carbocycles. The summed E-state index contributed by atoms with van der Waals surface area (Å²) in [5.74, 6) is 0. The summed E-state index contributed by atoms with van der Waals surface area (Å²) in [7, 11) is 0. The van der Waals surface area contributed by atoms with Gasteiger partial charge in [-0.25, -0.2) is 4.79 Å². The molecule has 4 saturated heterocycles. The average molecular weight is 496 g/mol. The molecule has 0 saturated carbocycles. The van der Waals surface area contributed by atoms with Crippen molar-refractivity contribution >= 4 is 11.8 Å². The Morgan fingerprint density at radius 2 is 1.80 bits per heavy atom. The second-order valence-electron chi connectivity index (χ2n) is 11.0. The van der Waals surface area contributed by atoms with Crippen molar-refractivity contribution in [3.8, 4) is 0 Å². The molecule has 5 rings (SSSR count). The molecule has 1 aromatic carbocycles. The third kappa shape index (κ3) is 5.40. The first-order chi connectivity index (χ1) is 16.6. The van der Waals surface area contributed by atoms with Gasteiger partial charge in [-0.15, -0.1) is 0 Å². The third-order valence-electron chi connectivity index (χ3n) is 8.37. The minimum Gasteiger partial charge on any atom is -0.437 e. The molecule has 0 radical (unpaired) electrons. The normalized spacial score (nSPS) is 27.5. The number of nitrogens with zero attached hydrogens (tertiary/aromatic N) is 3. The Bertz CT molecular complexity index is 920. The molecule has 1 spiro atoms. The minimum absolute atomic E-state index is 0.0174. The average Bonchev–Trinajstić information content (AvgIpc) is 3.38. The number of fused-ring (bicyclic) bond motifs is 2. The first-order valence-corrected chi connectivity index (χ1v) is 12.8. The van der Waals surface area contributed by atoms with Crippen molar-refractivity contribution in [2.24, 2.45) is 5.41 Å². The zero-order valence-electron chi connectivity index (χ0n) is 20.6. The minimum atomic E-state index is -4.53. The molecule has 1 amide bonds. The Labute approximate surface area is 205 Å². The summed E-state index contributed by atoms with van der Waals surface area (Å²) in [6.45, 7) is 8.59. The Balaban J connectivity index is 1.17. The number of anilines is 1. The number of aryl methyl sites for hydroxylation is 1. The predicted molar refractivity (Wildman–Crippen MR) is 126 cm³/mol. The fraction of sp³-hybridized carbons (Fsp3) is 0.731. The van der Waals surface area contributed by atoms with Crippen LogP contribution in [0.3, 0.4) is 0 Å². The van der Waals surface area contributed by atoms with Crippen LogP contribution in [-0.2, 0) is 16.0 Å². The number of likely N-dealkylation sites (tertiary alicyclic amines) is 2. The number of carbonyl (C=O) groups excluding carboxylic acids is 1. The summed E-state index contributed by atoms with van der Waals surface area (Å²) >= 11 is 0. The van der Waals surface area contributed by atoms with Gasteiger partial charge in [0.2, 0.25) is 0 Å². The molecule has 4 heterocycles. The van der Waals surface area contributed by atoms with Crippen molar-refractivity contribution in [2.75, 3.05) is 44.2 Å². The molecule has 4 fully saturated rings. The van der Waals surface area contributed by atoms with Gasteiger partial charge in [-0.2, -0.15) is 13.2 Å². The van der Waals surface area contributed by atoms with Crippen LogP contribution in [0.25, 0.3) is 0 Å². The maximum absolute atomic E-state index is 12.8. The standard InChI is InChI=1S/C26H36F3N3O3/c1-18-3-4-20(23(13-18)32-15-21-5-6-22(16-32)35-21)14-30-10-7-25(8-11-30)9-12-31(17-25)24(33)34-19(2)26(27,28)29/h3-4,13,19,21-22H,5-12,14-17H2,1-2H3. The van der Waals surface area contributed by atoms with E-state index in [9.17, 15) is 18.0 Å². The number of halogens is 3. The molecule has 4 aliphatic heterocycles. The van der Waals surface area contributed by atoms with Gasteiger partial charge in [-0.3, -0.25) is 4.90 Å². The number of alkyl halides is 3. The second-order valence-corrected chi connectivity index (χ2v) is 11.0. The molecule has 2 bridgehead atoms. The lowest BCUT2D eigenvalue weighted by atomic mass is 9.77. The van der Waals surface area contributed by atoms with E-state index >= 15 is 0 Å². The maximum atomic E-state index is 12.8. The number of ether oxygens (including phenoxy) is 2. The van der Waals surface area contributed by atoms with Crippen molar-refractivity contribution in [1.29, 1.82) is 0 Å². The zero-order valence-corrected chi connectivity index (χ0v) is 20.6. The van der Waals surface area contributed by atoms with Crippen LogP contribution in [-0.4, -0.2) is 79.6 Å². The van der Waals surface area contributed by atoms with E-state index in [1.54, 1.807) is 0 Å². The molecular weight excluding hydrogens is 459 g/mol. The lowest BCUT2D eigenvalue weighted by molar-refractivity contribution is -0.199. The van der Waals surface area contributed by atoms with Gasteiger partial charge in [-0.05, 0) is 81.6 Å². The zero-order chi connectivity index (χ0) is 24.8. The van der Waals surface area contributed by atoms with E-state index < -0.39 is 18.4 Å². The molecule has 194 valence electrons. The van der Waals surface area contributed by atoms with Gasteiger partial charge in [0.25, 0.3) is 0 Å². The maximum Gasteiger partial charge on any atom is 0.425 e. The van der Waals surface area contributed by atoms with Gasteiger partial charge in [0.05, 0.1) is 12.2 Å². The van der Waals surface area contributed by atoms with Crippen LogP contribution in [0.1, 0.15) is 50.2 Å². The van der Waals surface area contributed by atoms with Gasteiger partial charge in [0.1, 0.15) is 0 Å². The van der Waals surface area contributed by atoms with E-state index in [2.05, 4.69) is 39.7 Å². The number of hydrogen-bond donors (Lipinski definition) is 0. The first kappa shape index (κ1) is 24.7. The van der Waals surface area contributed by atoms with Crippen LogP contribution >= 0.6 is 0 Å². The lowest BCUT2D eigenvalue weighted by Crippen LogP contribution is -2.44. The molecule has 0 N–H and O–H groups in total. The van der Waals surface area contributed by atoms with Crippen LogP contribution in [0.2, 0.25) is 0 Å². The molecule has 0 aromatic heterocycles. The van der Waals surface area contributed by atoms with Crippen molar-refractivity contribution in [3.05, 3.63) is 29.3 Å². The summed E-state index contributed by atoms with van der Waals surface area (Å²) in [4.78, 5) is 18.7. The number of benzene rings is 1. The highest BCUT2D eigenvalue weighted by Crippen LogP contribution is 2.41. The van der Waals surface area contributed by atoms with E-state index in [0.29, 0.717) is 25.3 Å². The quantitative estimate of drug-likeness (QED) is 0.604. The molecule has 3 atom stereocenters. The van der Waals surface area contributed by atoms with Crippen molar-refractivity contribution in [1.82, 2.24) is 9.80 Å². The van der Waals surface area contributed by atoms with Crippen LogP contribution < -0.4 is 4.90 Å². The number of morpholine rings is 1. The number of carbonyl (C=O) groups is 1. The summed E-state index contributed by atoms with van der Waals surface area (Å²) < 4.78 is 49.0. The Morgan fingerprint density at radius 1 is 1.14 bits per heavy atom. The van der Waals surface area contributed by atoms with Crippen molar-refractivity contribution < 1.29 is 27.4 Å². The van der Waals surface area contributed by atoms with E-state index in [1.165, 1.54) is 21.7 Å². The number of hydrogen-bond acceptors (Lipinski definition) is 5. The number of piperidine rings is 1.